The molecule has 0 aliphatic carbocycles. The number of nitrogens with zero attached hydrogens (tertiary/aromatic N) is 1. The van der Waals surface area contributed by atoms with Crippen LogP contribution < -0.4 is 15.4 Å². The van der Waals surface area contributed by atoms with Crippen LogP contribution >= 0.6 is 0 Å². The molecule has 0 spiro atoms. The highest BCUT2D eigenvalue weighted by molar-refractivity contribution is 5.90. The second kappa shape index (κ2) is 7.12. The summed E-state index contributed by atoms with van der Waals surface area (Å²) in [5, 5.41) is 9.40. The van der Waals surface area contributed by atoms with Gasteiger partial charge in [0.05, 0.1) is 30.6 Å². The molecular formula is C18H19N3O4. The zero-order valence-electron chi connectivity index (χ0n) is 14.3. The quantitative estimate of drug-likeness (QED) is 0.735. The minimum absolute atomic E-state index is 0.254. The largest absolute Gasteiger partial charge is 0.495 e. The summed E-state index contributed by atoms with van der Waals surface area (Å²) >= 11 is 0. The first-order valence-electron chi connectivity index (χ1n) is 7.78. The van der Waals surface area contributed by atoms with Gasteiger partial charge in [0, 0.05) is 0 Å². The lowest BCUT2D eigenvalue weighted by molar-refractivity contribution is 0.250. The molecule has 0 aliphatic rings. The van der Waals surface area contributed by atoms with Crippen molar-refractivity contribution in [3.63, 3.8) is 0 Å². The molecule has 0 saturated heterocycles. The van der Waals surface area contributed by atoms with E-state index in [0.29, 0.717) is 28.7 Å². The maximum atomic E-state index is 12.1. The average molecular weight is 341 g/mol. The van der Waals surface area contributed by atoms with Gasteiger partial charge in [-0.3, -0.25) is 0 Å². The standard InChI is InChI=1S/C18H19N3O4/c1-11-17(12(2)25-21-11)16-9-8-13(24-16)10-19-18(22)20-14-6-4-5-7-15(14)23-3/h4-9H,10H2,1-3H3,(H2,19,20,22). The van der Waals surface area contributed by atoms with Crippen molar-refractivity contribution in [3.05, 3.63) is 53.6 Å². The van der Waals surface area contributed by atoms with Gasteiger partial charge in [-0.1, -0.05) is 17.3 Å². The van der Waals surface area contributed by atoms with Crippen LogP contribution in [0.15, 0.2) is 45.3 Å². The first kappa shape index (κ1) is 16.6. The van der Waals surface area contributed by atoms with Crippen LogP contribution in [-0.4, -0.2) is 18.3 Å². The number of ether oxygens (including phenoxy) is 1. The number of benzene rings is 1. The number of furan rings is 1. The first-order valence-corrected chi connectivity index (χ1v) is 7.78. The van der Waals surface area contributed by atoms with Crippen molar-refractivity contribution < 1.29 is 18.5 Å². The predicted molar refractivity (Wildman–Crippen MR) is 92.5 cm³/mol. The first-order chi connectivity index (χ1) is 12.1. The second-order valence-electron chi connectivity index (χ2n) is 5.47. The molecule has 0 aliphatic heterocycles. The number of methoxy groups -OCH3 is 1. The maximum Gasteiger partial charge on any atom is 0.319 e. The van der Waals surface area contributed by atoms with Crippen LogP contribution in [0.5, 0.6) is 5.75 Å². The number of hydrogen-bond acceptors (Lipinski definition) is 5. The molecule has 0 saturated carbocycles. The number of carbonyl (C=O) groups excluding carboxylic acids is 1. The van der Waals surface area contributed by atoms with Crippen LogP contribution in [0.2, 0.25) is 0 Å². The highest BCUT2D eigenvalue weighted by atomic mass is 16.5. The Bertz CT molecular complexity index is 863. The number of rotatable bonds is 5. The van der Waals surface area contributed by atoms with Gasteiger partial charge < -0.3 is 24.3 Å². The van der Waals surface area contributed by atoms with Gasteiger partial charge in [0.1, 0.15) is 23.0 Å². The number of para-hydroxylation sites is 2. The van der Waals surface area contributed by atoms with E-state index in [2.05, 4.69) is 15.8 Å². The summed E-state index contributed by atoms with van der Waals surface area (Å²) in [4.78, 5) is 12.1. The lowest BCUT2D eigenvalue weighted by Gasteiger charge is -2.10. The van der Waals surface area contributed by atoms with Crippen molar-refractivity contribution in [2.24, 2.45) is 0 Å². The summed E-state index contributed by atoms with van der Waals surface area (Å²) in [5.74, 6) is 2.58. The van der Waals surface area contributed by atoms with Crippen LogP contribution in [0.4, 0.5) is 10.5 Å². The van der Waals surface area contributed by atoms with Gasteiger partial charge in [0.25, 0.3) is 0 Å². The number of carbonyl (C=O) groups is 1. The van der Waals surface area contributed by atoms with Gasteiger partial charge in [0.2, 0.25) is 0 Å². The van der Waals surface area contributed by atoms with E-state index in [1.165, 1.54) is 0 Å². The van der Waals surface area contributed by atoms with Gasteiger partial charge >= 0.3 is 6.03 Å². The van der Waals surface area contributed by atoms with E-state index in [1.807, 2.05) is 38.1 Å². The average Bonchev–Trinajstić information content (AvgIpc) is 3.19. The lowest BCUT2D eigenvalue weighted by atomic mass is 10.1. The fourth-order valence-corrected chi connectivity index (χ4v) is 2.52. The zero-order valence-corrected chi connectivity index (χ0v) is 14.3. The van der Waals surface area contributed by atoms with Crippen LogP contribution in [0, 0.1) is 13.8 Å². The highest BCUT2D eigenvalue weighted by Crippen LogP contribution is 2.28. The molecule has 3 aromatic rings. The molecule has 1 aromatic carbocycles. The fourth-order valence-electron chi connectivity index (χ4n) is 2.52. The molecule has 0 unspecified atom stereocenters. The van der Waals surface area contributed by atoms with E-state index in [0.717, 1.165) is 11.3 Å². The van der Waals surface area contributed by atoms with Gasteiger partial charge in [-0.2, -0.15) is 0 Å². The Morgan fingerprint density at radius 2 is 2.00 bits per heavy atom. The summed E-state index contributed by atoms with van der Waals surface area (Å²) in [6, 6.07) is 10.5. The molecule has 0 atom stereocenters. The lowest BCUT2D eigenvalue weighted by Crippen LogP contribution is -2.28. The Balaban J connectivity index is 1.62. The van der Waals surface area contributed by atoms with Gasteiger partial charge in [-0.05, 0) is 38.1 Å². The van der Waals surface area contributed by atoms with Gasteiger partial charge in [0.15, 0.2) is 0 Å². The Morgan fingerprint density at radius 1 is 1.20 bits per heavy atom. The Hall–Kier alpha value is -3.22. The molecule has 2 N–H and O–H groups in total. The van der Waals surface area contributed by atoms with Gasteiger partial charge in [-0.15, -0.1) is 0 Å². The summed E-state index contributed by atoms with van der Waals surface area (Å²) in [5.41, 5.74) is 2.20. The third kappa shape index (κ3) is 3.65. The summed E-state index contributed by atoms with van der Waals surface area (Å²) in [6.45, 7) is 3.94. The number of amides is 2. The normalized spacial score (nSPS) is 10.5. The van der Waals surface area contributed by atoms with Crippen LogP contribution in [0.3, 0.4) is 0 Å². The van der Waals surface area contributed by atoms with E-state index in [9.17, 15) is 4.79 Å². The molecule has 25 heavy (non-hydrogen) atoms. The second-order valence-corrected chi connectivity index (χ2v) is 5.47. The van der Waals surface area contributed by atoms with E-state index < -0.39 is 0 Å². The zero-order chi connectivity index (χ0) is 17.8. The maximum absolute atomic E-state index is 12.1. The molecule has 2 aromatic heterocycles. The third-order valence-electron chi connectivity index (χ3n) is 3.72. The third-order valence-corrected chi connectivity index (χ3v) is 3.72. The minimum atomic E-state index is -0.347. The molecule has 0 fully saturated rings. The molecule has 7 nitrogen and oxygen atoms in total. The van der Waals surface area contributed by atoms with Crippen molar-refractivity contribution in [1.29, 1.82) is 0 Å². The summed E-state index contributed by atoms with van der Waals surface area (Å²) < 4.78 is 16.1. The molecular weight excluding hydrogens is 322 g/mol. The minimum Gasteiger partial charge on any atom is -0.495 e. The van der Waals surface area contributed by atoms with Gasteiger partial charge in [-0.25, -0.2) is 4.79 Å². The molecule has 2 amide bonds. The number of hydrogen-bond donors (Lipinski definition) is 2. The predicted octanol–water partition coefficient (Wildman–Crippen LogP) is 3.88. The van der Waals surface area contributed by atoms with E-state index >= 15 is 0 Å². The smallest absolute Gasteiger partial charge is 0.319 e. The monoisotopic (exact) mass is 341 g/mol. The molecule has 2 heterocycles. The molecule has 0 bridgehead atoms. The SMILES string of the molecule is COc1ccccc1NC(=O)NCc1ccc(-c2c(C)noc2C)o1. The van der Waals surface area contributed by atoms with E-state index in [1.54, 1.807) is 19.2 Å². The van der Waals surface area contributed by atoms with Crippen LogP contribution in [0.1, 0.15) is 17.2 Å². The number of anilines is 1. The number of aryl methyl sites for hydroxylation is 2. The van der Waals surface area contributed by atoms with Crippen molar-refractivity contribution in [2.75, 3.05) is 12.4 Å². The Morgan fingerprint density at radius 3 is 2.72 bits per heavy atom. The molecule has 130 valence electrons. The molecule has 3 rings (SSSR count). The van der Waals surface area contributed by atoms with Crippen molar-refractivity contribution in [2.45, 2.75) is 20.4 Å². The Labute approximate surface area is 145 Å². The molecule has 7 heteroatoms. The topological polar surface area (TPSA) is 89.5 Å². The fraction of sp³-hybridized carbons (Fsp3) is 0.222. The van der Waals surface area contributed by atoms with E-state index in [4.69, 9.17) is 13.7 Å². The van der Waals surface area contributed by atoms with Crippen molar-refractivity contribution in [3.8, 4) is 17.1 Å². The summed E-state index contributed by atoms with van der Waals surface area (Å²) in [7, 11) is 1.55. The van der Waals surface area contributed by atoms with Crippen LogP contribution in [0.25, 0.3) is 11.3 Å². The molecule has 0 radical (unpaired) electrons. The van der Waals surface area contributed by atoms with Crippen molar-refractivity contribution >= 4 is 11.7 Å². The Kier molecular flexibility index (Phi) is 4.74. The number of urea groups is 1. The van der Waals surface area contributed by atoms with E-state index in [-0.39, 0.29) is 12.6 Å². The van der Waals surface area contributed by atoms with Crippen molar-refractivity contribution in [1.82, 2.24) is 10.5 Å². The summed E-state index contributed by atoms with van der Waals surface area (Å²) in [6.07, 6.45) is 0. The highest BCUT2D eigenvalue weighted by Gasteiger charge is 2.15. The number of aromatic nitrogens is 1. The van der Waals surface area contributed by atoms with Crippen LogP contribution in [-0.2, 0) is 6.54 Å². The number of nitrogens with one attached hydrogen (secondary N) is 2.